The molecule has 0 aliphatic carbocycles. The second-order valence-electron chi connectivity index (χ2n) is 5.54. The zero-order chi connectivity index (χ0) is 20.0. The van der Waals surface area contributed by atoms with Crippen molar-refractivity contribution in [2.24, 2.45) is 0 Å². The Morgan fingerprint density at radius 2 is 1.67 bits per heavy atom. The minimum atomic E-state index is -4.59. The van der Waals surface area contributed by atoms with Gasteiger partial charge in [0.25, 0.3) is 0 Å². The normalized spacial score (nSPS) is 12.3. The van der Waals surface area contributed by atoms with Gasteiger partial charge < -0.3 is 10.6 Å². The molecule has 0 heterocycles. The molecule has 2 aromatic rings. The van der Waals surface area contributed by atoms with Gasteiger partial charge in [-0.2, -0.15) is 13.2 Å². The molecule has 0 bridgehead atoms. The SMILES string of the molecule is C[C@H](SCC(=O)Nc1ccc(F)cc1)C(=O)Nc1ccccc1C(F)(F)F. The van der Waals surface area contributed by atoms with Crippen LogP contribution in [0.15, 0.2) is 48.5 Å². The Morgan fingerprint density at radius 1 is 1.04 bits per heavy atom. The van der Waals surface area contributed by atoms with Gasteiger partial charge in [0.1, 0.15) is 5.82 Å². The topological polar surface area (TPSA) is 58.2 Å². The van der Waals surface area contributed by atoms with Gasteiger partial charge in [-0.1, -0.05) is 12.1 Å². The number of nitrogens with one attached hydrogen (secondary N) is 2. The molecule has 27 heavy (non-hydrogen) atoms. The van der Waals surface area contributed by atoms with Gasteiger partial charge in [-0.3, -0.25) is 9.59 Å². The Balaban J connectivity index is 1.89. The Morgan fingerprint density at radius 3 is 2.30 bits per heavy atom. The van der Waals surface area contributed by atoms with Crippen molar-refractivity contribution in [1.82, 2.24) is 0 Å². The van der Waals surface area contributed by atoms with E-state index in [4.69, 9.17) is 0 Å². The van der Waals surface area contributed by atoms with Crippen molar-refractivity contribution < 1.29 is 27.2 Å². The molecule has 0 unspecified atom stereocenters. The molecule has 0 aromatic heterocycles. The Bertz CT molecular complexity index is 810. The maximum absolute atomic E-state index is 13.0. The number of amides is 2. The molecule has 0 fully saturated rings. The Kier molecular flexibility index (Phi) is 6.84. The molecule has 2 N–H and O–H groups in total. The van der Waals surface area contributed by atoms with Crippen molar-refractivity contribution in [2.45, 2.75) is 18.3 Å². The summed E-state index contributed by atoms with van der Waals surface area (Å²) in [6.45, 7) is 1.49. The van der Waals surface area contributed by atoms with Gasteiger partial charge in [-0.05, 0) is 43.3 Å². The van der Waals surface area contributed by atoms with Gasteiger partial charge in [-0.15, -0.1) is 11.8 Å². The van der Waals surface area contributed by atoms with Crippen LogP contribution in [0, 0.1) is 5.82 Å². The zero-order valence-corrected chi connectivity index (χ0v) is 15.0. The molecule has 2 aromatic carbocycles. The van der Waals surface area contributed by atoms with Gasteiger partial charge in [0.2, 0.25) is 11.8 Å². The van der Waals surface area contributed by atoms with Crippen molar-refractivity contribution in [3.8, 4) is 0 Å². The number of para-hydroxylation sites is 1. The van der Waals surface area contributed by atoms with Crippen LogP contribution in [0.25, 0.3) is 0 Å². The largest absolute Gasteiger partial charge is 0.418 e. The maximum Gasteiger partial charge on any atom is 0.418 e. The quantitative estimate of drug-likeness (QED) is 0.700. The van der Waals surface area contributed by atoms with Gasteiger partial charge in [-0.25, -0.2) is 4.39 Å². The lowest BCUT2D eigenvalue weighted by Gasteiger charge is -2.16. The number of halogens is 4. The minimum Gasteiger partial charge on any atom is -0.325 e. The number of thioether (sulfide) groups is 1. The molecule has 1 atom stereocenters. The Labute approximate surface area is 157 Å². The summed E-state index contributed by atoms with van der Waals surface area (Å²) in [7, 11) is 0. The number of anilines is 2. The van der Waals surface area contributed by atoms with E-state index in [1.165, 1.54) is 49.4 Å². The van der Waals surface area contributed by atoms with E-state index in [0.29, 0.717) is 5.69 Å². The van der Waals surface area contributed by atoms with E-state index >= 15 is 0 Å². The van der Waals surface area contributed by atoms with E-state index in [0.717, 1.165) is 17.8 Å². The third-order valence-electron chi connectivity index (χ3n) is 3.45. The van der Waals surface area contributed by atoms with Crippen LogP contribution in [0.2, 0.25) is 0 Å². The highest BCUT2D eigenvalue weighted by atomic mass is 32.2. The van der Waals surface area contributed by atoms with E-state index in [2.05, 4.69) is 10.6 Å². The summed E-state index contributed by atoms with van der Waals surface area (Å²) in [5.41, 5.74) is -0.874. The van der Waals surface area contributed by atoms with Crippen LogP contribution >= 0.6 is 11.8 Å². The van der Waals surface area contributed by atoms with Crippen LogP contribution in [-0.4, -0.2) is 22.8 Å². The summed E-state index contributed by atoms with van der Waals surface area (Å²) in [5, 5.41) is 4.02. The second kappa shape index (κ2) is 8.90. The van der Waals surface area contributed by atoms with Gasteiger partial charge in [0.05, 0.1) is 22.3 Å². The van der Waals surface area contributed by atoms with Crippen molar-refractivity contribution in [3.63, 3.8) is 0 Å². The summed E-state index contributed by atoms with van der Waals surface area (Å²) in [6, 6.07) is 9.83. The van der Waals surface area contributed by atoms with Crippen LogP contribution in [0.5, 0.6) is 0 Å². The fraction of sp³-hybridized carbons (Fsp3) is 0.222. The van der Waals surface area contributed by atoms with Gasteiger partial charge in [0, 0.05) is 5.69 Å². The lowest BCUT2D eigenvalue weighted by atomic mass is 10.1. The number of carbonyl (C=O) groups excluding carboxylic acids is 2. The molecule has 0 saturated heterocycles. The smallest absolute Gasteiger partial charge is 0.325 e. The molecule has 144 valence electrons. The molecular formula is C18H16F4N2O2S. The standard InChI is InChI=1S/C18H16F4N2O2S/c1-11(27-10-16(25)23-13-8-6-12(19)7-9-13)17(26)24-15-5-3-2-4-14(15)18(20,21)22/h2-9,11H,10H2,1H3,(H,23,25)(H,24,26)/t11-/m0/s1. The molecule has 0 aliphatic rings. The summed E-state index contributed by atoms with van der Waals surface area (Å²) in [5.74, 6) is -1.59. The Hall–Kier alpha value is -2.55. The lowest BCUT2D eigenvalue weighted by Crippen LogP contribution is -2.26. The fourth-order valence-electron chi connectivity index (χ4n) is 2.08. The van der Waals surface area contributed by atoms with Crippen LogP contribution in [-0.2, 0) is 15.8 Å². The summed E-state index contributed by atoms with van der Waals surface area (Å²) in [6.07, 6.45) is -4.59. The highest BCUT2D eigenvalue weighted by molar-refractivity contribution is 8.01. The summed E-state index contributed by atoms with van der Waals surface area (Å²) >= 11 is 0.968. The van der Waals surface area contributed by atoms with E-state index in [1.54, 1.807) is 0 Å². The first kappa shape index (κ1) is 20.8. The number of benzene rings is 2. The molecule has 0 spiro atoms. The van der Waals surface area contributed by atoms with Crippen LogP contribution in [0.4, 0.5) is 28.9 Å². The highest BCUT2D eigenvalue weighted by Crippen LogP contribution is 2.34. The van der Waals surface area contributed by atoms with E-state index < -0.39 is 34.6 Å². The molecule has 9 heteroatoms. The first-order chi connectivity index (χ1) is 12.7. The number of alkyl halides is 3. The summed E-state index contributed by atoms with van der Waals surface area (Å²) < 4.78 is 51.7. The zero-order valence-electron chi connectivity index (χ0n) is 14.1. The van der Waals surface area contributed by atoms with Crippen LogP contribution < -0.4 is 10.6 Å². The number of hydrogen-bond donors (Lipinski definition) is 2. The first-order valence-corrected chi connectivity index (χ1v) is 8.86. The fourth-order valence-corrected chi connectivity index (χ4v) is 2.76. The van der Waals surface area contributed by atoms with Gasteiger partial charge >= 0.3 is 6.18 Å². The molecule has 4 nitrogen and oxygen atoms in total. The molecule has 0 saturated carbocycles. The number of carbonyl (C=O) groups is 2. The molecule has 2 amide bonds. The van der Waals surface area contributed by atoms with Crippen LogP contribution in [0.1, 0.15) is 12.5 Å². The minimum absolute atomic E-state index is 0.0904. The molecule has 2 rings (SSSR count). The third kappa shape index (κ3) is 6.28. The average Bonchev–Trinajstić information content (AvgIpc) is 2.61. The predicted octanol–water partition coefficient (Wildman–Crippen LogP) is 4.54. The monoisotopic (exact) mass is 400 g/mol. The third-order valence-corrected chi connectivity index (χ3v) is 4.59. The average molecular weight is 400 g/mol. The van der Waals surface area contributed by atoms with Gasteiger partial charge in [0.15, 0.2) is 0 Å². The lowest BCUT2D eigenvalue weighted by molar-refractivity contribution is -0.137. The summed E-state index contributed by atoms with van der Waals surface area (Å²) in [4.78, 5) is 24.0. The van der Waals surface area contributed by atoms with Crippen molar-refractivity contribution >= 4 is 35.0 Å². The van der Waals surface area contributed by atoms with Crippen molar-refractivity contribution in [1.29, 1.82) is 0 Å². The molecule has 0 aliphatic heterocycles. The van der Waals surface area contributed by atoms with E-state index in [9.17, 15) is 27.2 Å². The maximum atomic E-state index is 13.0. The van der Waals surface area contributed by atoms with Crippen LogP contribution in [0.3, 0.4) is 0 Å². The molecule has 0 radical (unpaired) electrons. The second-order valence-corrected chi connectivity index (χ2v) is 6.87. The highest BCUT2D eigenvalue weighted by Gasteiger charge is 2.33. The van der Waals surface area contributed by atoms with E-state index in [1.807, 2.05) is 0 Å². The number of hydrogen-bond acceptors (Lipinski definition) is 3. The first-order valence-electron chi connectivity index (χ1n) is 7.81. The number of rotatable bonds is 6. The van der Waals surface area contributed by atoms with Crippen molar-refractivity contribution in [3.05, 3.63) is 59.9 Å². The van der Waals surface area contributed by atoms with Crippen molar-refractivity contribution in [2.75, 3.05) is 16.4 Å². The van der Waals surface area contributed by atoms with E-state index in [-0.39, 0.29) is 11.4 Å². The predicted molar refractivity (Wildman–Crippen MR) is 97.0 cm³/mol. The molecular weight excluding hydrogens is 384 g/mol.